The van der Waals surface area contributed by atoms with Gasteiger partial charge in [0, 0.05) is 0 Å². The Bertz CT molecular complexity index is 552. The summed E-state index contributed by atoms with van der Waals surface area (Å²) in [5.41, 5.74) is 0.168. The van der Waals surface area contributed by atoms with E-state index in [-0.39, 0.29) is 11.7 Å². The minimum absolute atomic E-state index is 0.0135. The molecule has 4 heteroatoms. The molecule has 1 aromatic carbocycles. The first kappa shape index (κ1) is 16.5. The number of benzene rings is 1. The van der Waals surface area contributed by atoms with E-state index in [1.165, 1.54) is 6.42 Å². The molecule has 0 spiro atoms. The van der Waals surface area contributed by atoms with E-state index in [0.717, 1.165) is 31.2 Å². The van der Waals surface area contributed by atoms with Crippen LogP contribution in [0.3, 0.4) is 0 Å². The second kappa shape index (κ2) is 6.49. The fourth-order valence-corrected chi connectivity index (χ4v) is 4.60. The third kappa shape index (κ3) is 4.30. The van der Waals surface area contributed by atoms with Gasteiger partial charge in [-0.3, -0.25) is 0 Å². The Morgan fingerprint density at radius 1 is 1.14 bits per heavy atom. The first-order valence-corrected chi connectivity index (χ1v) is 9.48. The van der Waals surface area contributed by atoms with Gasteiger partial charge in [0.25, 0.3) is 0 Å². The van der Waals surface area contributed by atoms with Gasteiger partial charge in [-0.25, -0.2) is 8.42 Å². The van der Waals surface area contributed by atoms with Crippen LogP contribution in [0.25, 0.3) is 0 Å². The van der Waals surface area contributed by atoms with Crippen molar-refractivity contribution in [1.29, 1.82) is 0 Å². The molecule has 0 aliphatic heterocycles. The van der Waals surface area contributed by atoms with Crippen LogP contribution in [0, 0.1) is 12.8 Å². The average molecular weight is 310 g/mol. The summed E-state index contributed by atoms with van der Waals surface area (Å²) in [4.78, 5) is 0.354. The highest BCUT2D eigenvalue weighted by atomic mass is 32.2. The molecule has 2 rings (SSSR count). The lowest BCUT2D eigenvalue weighted by Crippen LogP contribution is -2.37. The van der Waals surface area contributed by atoms with Crippen LogP contribution in [0.1, 0.15) is 51.0 Å². The number of rotatable bonds is 5. The van der Waals surface area contributed by atoms with E-state index in [9.17, 15) is 13.5 Å². The van der Waals surface area contributed by atoms with Crippen LogP contribution in [0.5, 0.6) is 0 Å². The van der Waals surface area contributed by atoms with Crippen LogP contribution >= 0.6 is 0 Å². The number of hydrogen-bond acceptors (Lipinski definition) is 3. The molecule has 1 unspecified atom stereocenters. The summed E-state index contributed by atoms with van der Waals surface area (Å²) in [6.45, 7) is 3.73. The molecule has 1 aliphatic carbocycles. The Hall–Kier alpha value is -0.870. The summed E-state index contributed by atoms with van der Waals surface area (Å²) in [6.07, 6.45) is 5.86. The summed E-state index contributed by atoms with van der Waals surface area (Å²) >= 11 is 0. The molecule has 0 amide bonds. The largest absolute Gasteiger partial charge is 0.390 e. The number of aryl methyl sites for hydroxylation is 1. The molecule has 1 N–H and O–H groups in total. The Morgan fingerprint density at radius 3 is 2.29 bits per heavy atom. The van der Waals surface area contributed by atoms with E-state index < -0.39 is 15.4 Å². The predicted octanol–water partition coefficient (Wildman–Crippen LogP) is 3.49. The van der Waals surface area contributed by atoms with Gasteiger partial charge in [0.15, 0.2) is 9.84 Å². The van der Waals surface area contributed by atoms with Gasteiger partial charge in [0.1, 0.15) is 0 Å². The van der Waals surface area contributed by atoms with Crippen molar-refractivity contribution in [2.75, 3.05) is 5.75 Å². The maximum absolute atomic E-state index is 12.4. The molecular weight excluding hydrogens is 284 g/mol. The molecule has 0 saturated heterocycles. The van der Waals surface area contributed by atoms with Gasteiger partial charge in [-0.05, 0) is 51.2 Å². The van der Waals surface area contributed by atoms with Crippen molar-refractivity contribution in [2.24, 2.45) is 5.92 Å². The first-order valence-electron chi connectivity index (χ1n) is 7.83. The Labute approximate surface area is 128 Å². The van der Waals surface area contributed by atoms with E-state index in [1.807, 2.05) is 19.1 Å². The average Bonchev–Trinajstić information content (AvgIpc) is 2.47. The second-order valence-corrected chi connectivity index (χ2v) is 8.68. The minimum atomic E-state index is -3.31. The molecule has 1 atom stereocenters. The van der Waals surface area contributed by atoms with Gasteiger partial charge in [-0.2, -0.15) is 0 Å². The number of sulfone groups is 1. The zero-order chi connectivity index (χ0) is 15.5. The molecule has 0 heterocycles. The van der Waals surface area contributed by atoms with E-state index in [2.05, 4.69) is 0 Å². The van der Waals surface area contributed by atoms with Gasteiger partial charge in [0.05, 0.1) is 16.2 Å². The highest BCUT2D eigenvalue weighted by Crippen LogP contribution is 2.35. The van der Waals surface area contributed by atoms with Gasteiger partial charge >= 0.3 is 0 Å². The summed E-state index contributed by atoms with van der Waals surface area (Å²) < 4.78 is 24.7. The van der Waals surface area contributed by atoms with Gasteiger partial charge in [-0.1, -0.05) is 37.0 Å². The van der Waals surface area contributed by atoms with Gasteiger partial charge in [-0.15, -0.1) is 0 Å². The van der Waals surface area contributed by atoms with Crippen molar-refractivity contribution in [1.82, 2.24) is 0 Å². The number of aliphatic hydroxyl groups is 1. The van der Waals surface area contributed by atoms with E-state index >= 15 is 0 Å². The van der Waals surface area contributed by atoms with E-state index in [0.29, 0.717) is 11.3 Å². The topological polar surface area (TPSA) is 54.4 Å². The monoisotopic (exact) mass is 310 g/mol. The lowest BCUT2D eigenvalue weighted by molar-refractivity contribution is -0.0188. The van der Waals surface area contributed by atoms with Gasteiger partial charge in [0.2, 0.25) is 0 Å². The van der Waals surface area contributed by atoms with E-state index in [4.69, 9.17) is 0 Å². The van der Waals surface area contributed by atoms with Crippen molar-refractivity contribution in [3.8, 4) is 0 Å². The smallest absolute Gasteiger partial charge is 0.178 e. The standard InChI is InChI=1S/C17H26O3S/c1-14-8-10-16(11-9-14)21(19,20)13-12-17(2,18)15-6-4-3-5-7-15/h8-11,15,18H,3-7,12-13H2,1-2H3. The first-order chi connectivity index (χ1) is 9.81. The summed E-state index contributed by atoms with van der Waals surface area (Å²) in [5, 5.41) is 10.6. The highest BCUT2D eigenvalue weighted by Gasteiger charge is 2.34. The maximum atomic E-state index is 12.4. The Kier molecular flexibility index (Phi) is 5.10. The van der Waals surface area contributed by atoms with Crippen molar-refractivity contribution in [2.45, 2.75) is 62.9 Å². The van der Waals surface area contributed by atoms with E-state index in [1.54, 1.807) is 19.1 Å². The molecule has 21 heavy (non-hydrogen) atoms. The van der Waals surface area contributed by atoms with Crippen molar-refractivity contribution in [3.63, 3.8) is 0 Å². The lowest BCUT2D eigenvalue weighted by atomic mass is 9.77. The molecule has 0 bridgehead atoms. The molecule has 0 radical (unpaired) electrons. The van der Waals surface area contributed by atoms with Crippen LogP contribution in [-0.4, -0.2) is 24.9 Å². The fourth-order valence-electron chi connectivity index (χ4n) is 3.13. The molecule has 1 aliphatic rings. The Balaban J connectivity index is 2.01. The summed E-state index contributed by atoms with van der Waals surface area (Å²) in [6, 6.07) is 6.93. The molecule has 1 saturated carbocycles. The van der Waals surface area contributed by atoms with Crippen LogP contribution in [-0.2, 0) is 9.84 Å². The number of hydrogen-bond donors (Lipinski definition) is 1. The van der Waals surface area contributed by atoms with Crippen LogP contribution in [0.4, 0.5) is 0 Å². The van der Waals surface area contributed by atoms with Crippen LogP contribution in [0.15, 0.2) is 29.2 Å². The lowest BCUT2D eigenvalue weighted by Gasteiger charge is -2.35. The second-order valence-electron chi connectivity index (χ2n) is 6.57. The fraction of sp³-hybridized carbons (Fsp3) is 0.647. The predicted molar refractivity (Wildman–Crippen MR) is 85.0 cm³/mol. The zero-order valence-corrected chi connectivity index (χ0v) is 13.8. The van der Waals surface area contributed by atoms with Crippen molar-refractivity contribution in [3.05, 3.63) is 29.8 Å². The zero-order valence-electron chi connectivity index (χ0n) is 13.0. The third-order valence-electron chi connectivity index (χ3n) is 4.74. The minimum Gasteiger partial charge on any atom is -0.390 e. The molecule has 118 valence electrons. The van der Waals surface area contributed by atoms with Crippen LogP contribution < -0.4 is 0 Å². The quantitative estimate of drug-likeness (QED) is 0.905. The molecule has 0 aromatic heterocycles. The highest BCUT2D eigenvalue weighted by molar-refractivity contribution is 7.91. The summed E-state index contributed by atoms with van der Waals surface area (Å²) in [5.74, 6) is 0.249. The molecule has 3 nitrogen and oxygen atoms in total. The molecule has 1 fully saturated rings. The summed E-state index contributed by atoms with van der Waals surface area (Å²) in [7, 11) is -3.31. The van der Waals surface area contributed by atoms with Gasteiger partial charge < -0.3 is 5.11 Å². The van der Waals surface area contributed by atoms with Crippen molar-refractivity contribution < 1.29 is 13.5 Å². The normalized spacial score (nSPS) is 20.1. The van der Waals surface area contributed by atoms with Crippen LogP contribution in [0.2, 0.25) is 0 Å². The van der Waals surface area contributed by atoms with Crippen molar-refractivity contribution >= 4 is 9.84 Å². The Morgan fingerprint density at radius 2 is 1.71 bits per heavy atom. The molecule has 1 aromatic rings. The SMILES string of the molecule is Cc1ccc(S(=O)(=O)CCC(C)(O)C2CCCCC2)cc1. The third-order valence-corrected chi connectivity index (χ3v) is 6.47. The molecular formula is C17H26O3S. The maximum Gasteiger partial charge on any atom is 0.178 e.